The van der Waals surface area contributed by atoms with E-state index in [2.05, 4.69) is 11.1 Å². The second kappa shape index (κ2) is 4.22. The van der Waals surface area contributed by atoms with Gasteiger partial charge < -0.3 is 9.42 Å². The van der Waals surface area contributed by atoms with Crippen molar-refractivity contribution in [2.24, 2.45) is 0 Å². The van der Waals surface area contributed by atoms with Crippen molar-refractivity contribution in [1.82, 2.24) is 0 Å². The van der Waals surface area contributed by atoms with Gasteiger partial charge in [-0.1, -0.05) is 6.58 Å². The van der Waals surface area contributed by atoms with Gasteiger partial charge in [-0.2, -0.15) is 0 Å². The average molecular weight is 243 g/mol. The Morgan fingerprint density at radius 3 is 2.86 bits per heavy atom. The molecule has 1 heterocycles. The van der Waals surface area contributed by atoms with E-state index in [4.69, 9.17) is 9.05 Å². The highest BCUT2D eigenvalue weighted by atomic mass is 32.2. The van der Waals surface area contributed by atoms with Gasteiger partial charge >= 0.3 is 8.17 Å². The number of rotatable bonds is 4. The molecule has 1 saturated heterocycles. The van der Waals surface area contributed by atoms with E-state index in [-0.39, 0.29) is 12.4 Å². The van der Waals surface area contributed by atoms with E-state index < -0.39 is 24.1 Å². The van der Waals surface area contributed by atoms with Crippen LogP contribution in [0, 0.1) is 0 Å². The lowest BCUT2D eigenvalue weighted by atomic mass is 10.4. The van der Waals surface area contributed by atoms with Gasteiger partial charge in [0.2, 0.25) is 0 Å². The van der Waals surface area contributed by atoms with Gasteiger partial charge in [0.05, 0.1) is 12.4 Å². The summed E-state index contributed by atoms with van der Waals surface area (Å²) >= 11 is 0. The predicted molar refractivity (Wildman–Crippen MR) is 51.0 cm³/mol. The third-order valence-corrected chi connectivity index (χ3v) is 4.45. The molecule has 0 aromatic carbocycles. The minimum atomic E-state index is -3.35. The minimum Gasteiger partial charge on any atom is -0.314 e. The van der Waals surface area contributed by atoms with E-state index in [1.165, 1.54) is 7.11 Å². The first kappa shape index (κ1) is 12.0. The van der Waals surface area contributed by atoms with Crippen LogP contribution in [-0.2, 0) is 23.4 Å². The van der Waals surface area contributed by atoms with Crippen LogP contribution >= 0.6 is 8.17 Å². The number of hydrogen-bond acceptors (Lipinski definition) is 6. The smallest absolute Gasteiger partial charge is 0.314 e. The summed E-state index contributed by atoms with van der Waals surface area (Å²) in [5.41, 5.74) is 0. The molecule has 8 heteroatoms. The molecular weight excluding hydrogens is 231 g/mol. The van der Waals surface area contributed by atoms with E-state index in [0.29, 0.717) is 0 Å². The van der Waals surface area contributed by atoms with E-state index in [1.807, 2.05) is 0 Å². The second-order valence-electron chi connectivity index (χ2n) is 2.67. The zero-order valence-corrected chi connectivity index (χ0v) is 9.33. The van der Waals surface area contributed by atoms with E-state index in [9.17, 15) is 13.3 Å². The molecule has 14 heavy (non-hydrogen) atoms. The van der Waals surface area contributed by atoms with Gasteiger partial charge in [-0.3, -0.25) is 9.05 Å². The topological polar surface area (TPSA) is 82.1 Å². The van der Waals surface area contributed by atoms with Crippen molar-refractivity contribution < 1.29 is 26.9 Å². The molecule has 0 saturated carbocycles. The van der Waals surface area contributed by atoms with Gasteiger partial charge in [-0.05, 0) is 0 Å². The van der Waals surface area contributed by atoms with Crippen molar-refractivity contribution >= 4 is 18.0 Å². The molecule has 0 spiro atoms. The average Bonchev–Trinajstić information content (AvgIpc) is 2.48. The molecule has 0 amide bonds. The fourth-order valence-electron chi connectivity index (χ4n) is 0.928. The summed E-state index contributed by atoms with van der Waals surface area (Å²) in [4.78, 5) is 9.36. The molecule has 1 aliphatic rings. The Kier molecular flexibility index (Phi) is 3.63. The molecule has 1 N–H and O–H groups in total. The molecule has 0 aromatic heterocycles. The van der Waals surface area contributed by atoms with Crippen LogP contribution in [0.4, 0.5) is 0 Å². The summed E-state index contributed by atoms with van der Waals surface area (Å²) in [6.07, 6.45) is -0.698. The van der Waals surface area contributed by atoms with Crippen molar-refractivity contribution in [1.29, 1.82) is 0 Å². The highest BCUT2D eigenvalue weighted by molar-refractivity contribution is 7.94. The van der Waals surface area contributed by atoms with Crippen LogP contribution < -0.4 is 0 Å². The predicted octanol–water partition coefficient (Wildman–Crippen LogP) is 0.276. The van der Waals surface area contributed by atoms with Gasteiger partial charge in [-0.15, -0.1) is 0 Å². The zero-order valence-electron chi connectivity index (χ0n) is 7.62. The summed E-state index contributed by atoms with van der Waals surface area (Å²) < 4.78 is 36.5. The molecule has 2 atom stereocenters. The normalized spacial score (nSPS) is 33.1. The summed E-state index contributed by atoms with van der Waals surface area (Å²) in [5.74, 6) is -0.262. The zero-order chi connectivity index (χ0) is 10.8. The highest BCUT2D eigenvalue weighted by Crippen LogP contribution is 2.62. The molecule has 0 aromatic rings. The minimum absolute atomic E-state index is 0.00515. The quantitative estimate of drug-likeness (QED) is 0.714. The fraction of sp³-hybridized carbons (Fsp3) is 0.667. The fourth-order valence-corrected chi connectivity index (χ4v) is 2.97. The Bertz CT molecular complexity index is 314. The van der Waals surface area contributed by atoms with Gasteiger partial charge in [0, 0.05) is 12.5 Å². The molecule has 6 nitrogen and oxygen atoms in total. The van der Waals surface area contributed by atoms with Gasteiger partial charge in [0.15, 0.2) is 9.84 Å². The highest BCUT2D eigenvalue weighted by Gasteiger charge is 2.41. The van der Waals surface area contributed by atoms with Gasteiger partial charge in [-0.25, -0.2) is 8.42 Å². The first-order chi connectivity index (χ1) is 6.41. The van der Waals surface area contributed by atoms with E-state index in [1.54, 1.807) is 0 Å². The van der Waals surface area contributed by atoms with Crippen molar-refractivity contribution in [2.45, 2.75) is 6.10 Å². The maximum Gasteiger partial charge on any atom is 0.377 e. The lowest BCUT2D eigenvalue weighted by molar-refractivity contribution is 0.172. The summed E-state index contributed by atoms with van der Waals surface area (Å²) in [5, 5.41) is 0.846. The lowest BCUT2D eigenvalue weighted by Gasteiger charge is -2.18. The van der Waals surface area contributed by atoms with Crippen molar-refractivity contribution in [2.75, 3.05) is 19.5 Å². The van der Waals surface area contributed by atoms with Crippen LogP contribution in [0.2, 0.25) is 0 Å². The van der Waals surface area contributed by atoms with Crippen molar-refractivity contribution in [3.8, 4) is 0 Å². The van der Waals surface area contributed by atoms with Gasteiger partial charge in [0.1, 0.15) is 6.10 Å². The third-order valence-electron chi connectivity index (χ3n) is 1.61. The molecule has 1 aliphatic heterocycles. The molecule has 1 fully saturated rings. The van der Waals surface area contributed by atoms with E-state index in [0.717, 1.165) is 5.41 Å². The Hall–Kier alpha value is -0.0400. The van der Waals surface area contributed by atoms with Crippen LogP contribution in [0.1, 0.15) is 0 Å². The largest absolute Gasteiger partial charge is 0.377 e. The third kappa shape index (κ3) is 2.98. The molecule has 1 rings (SSSR count). The molecular formula is C6H12O6PS. The van der Waals surface area contributed by atoms with Crippen molar-refractivity contribution in [3.05, 3.63) is 12.0 Å². The standard InChI is InChI=1S/C6H12O6PS/c1-3-14(8,9)5-6-4-11-13(7,10-2)12-6/h3,6-7H,1,4-5H2,2H3. The summed E-state index contributed by atoms with van der Waals surface area (Å²) in [7, 11) is -5.37. The van der Waals surface area contributed by atoms with E-state index >= 15 is 0 Å². The first-order valence-electron chi connectivity index (χ1n) is 3.76. The monoisotopic (exact) mass is 243 g/mol. The Morgan fingerprint density at radius 2 is 2.43 bits per heavy atom. The maximum atomic E-state index is 11.1. The molecule has 83 valence electrons. The van der Waals surface area contributed by atoms with Crippen LogP contribution in [0.15, 0.2) is 12.0 Å². The van der Waals surface area contributed by atoms with Gasteiger partial charge in [0.25, 0.3) is 0 Å². The SMILES string of the molecule is C=CS(=O)(=O)CC1CO[P](O)(OC)O1. The first-order valence-corrected chi connectivity index (χ1v) is 6.97. The summed E-state index contributed by atoms with van der Waals surface area (Å²) in [6, 6.07) is 0. The summed E-state index contributed by atoms with van der Waals surface area (Å²) in [6.45, 7) is 3.17. The molecule has 0 aliphatic carbocycles. The molecule has 0 bridgehead atoms. The van der Waals surface area contributed by atoms with Crippen LogP contribution in [-0.4, -0.2) is 38.9 Å². The molecule has 2 unspecified atom stereocenters. The van der Waals surface area contributed by atoms with Crippen LogP contribution in [0.3, 0.4) is 0 Å². The number of sulfone groups is 1. The lowest BCUT2D eigenvalue weighted by Crippen LogP contribution is -2.21. The van der Waals surface area contributed by atoms with Crippen LogP contribution in [0.25, 0.3) is 0 Å². The molecule has 1 radical (unpaired) electrons. The van der Waals surface area contributed by atoms with Crippen LogP contribution in [0.5, 0.6) is 0 Å². The Balaban J connectivity index is 2.56. The van der Waals surface area contributed by atoms with Crippen molar-refractivity contribution in [3.63, 3.8) is 0 Å². The Labute approximate surface area is 83.1 Å². The Morgan fingerprint density at radius 1 is 1.79 bits per heavy atom. The second-order valence-corrected chi connectivity index (χ2v) is 6.43. The maximum absolute atomic E-state index is 11.1. The number of hydrogen-bond donors (Lipinski definition) is 1.